The number of ether oxygens (including phenoxy) is 2. The Morgan fingerprint density at radius 1 is 0.860 bits per heavy atom. The van der Waals surface area contributed by atoms with Crippen molar-refractivity contribution in [2.75, 3.05) is 19.5 Å². The first kappa shape index (κ1) is 27.0. The molecule has 214 valence electrons. The summed E-state index contributed by atoms with van der Waals surface area (Å²) in [5.74, 6) is -1.33. The third kappa shape index (κ3) is 3.78. The number of benzene rings is 4. The number of hydrogen-bond donors (Lipinski definition) is 1. The lowest BCUT2D eigenvalue weighted by molar-refractivity contribution is -0.122. The lowest BCUT2D eigenvalue weighted by atomic mass is 9.62. The van der Waals surface area contributed by atoms with Crippen molar-refractivity contribution in [1.82, 2.24) is 4.90 Å². The number of nitrogens with zero attached hydrogens (tertiary/aromatic N) is 1. The molecule has 0 saturated carbocycles. The fraction of sp³-hybridized carbons (Fsp3) is 0.171. The van der Waals surface area contributed by atoms with E-state index in [1.165, 1.54) is 14.2 Å². The van der Waals surface area contributed by atoms with Crippen LogP contribution in [-0.2, 0) is 10.2 Å². The monoisotopic (exact) mass is 590 g/mol. The maximum atomic E-state index is 15.0. The summed E-state index contributed by atoms with van der Waals surface area (Å²) in [6.07, 6.45) is 3.76. The molecule has 7 nitrogen and oxygen atoms in total. The van der Waals surface area contributed by atoms with E-state index in [1.807, 2.05) is 65.7 Å². The summed E-state index contributed by atoms with van der Waals surface area (Å²) in [5.41, 5.74) is 2.22. The predicted octanol–water partition coefficient (Wildman–Crippen LogP) is 6.34. The van der Waals surface area contributed by atoms with Crippen LogP contribution in [0.3, 0.4) is 0 Å². The lowest BCUT2D eigenvalue weighted by Gasteiger charge is -2.38. The third-order valence-corrected chi connectivity index (χ3v) is 9.26. The van der Waals surface area contributed by atoms with Gasteiger partial charge in [0.05, 0.1) is 31.2 Å². The van der Waals surface area contributed by atoms with E-state index in [9.17, 15) is 9.59 Å². The summed E-state index contributed by atoms with van der Waals surface area (Å²) < 4.78 is 10.9. The third-order valence-electron chi connectivity index (χ3n) is 8.93. The van der Waals surface area contributed by atoms with E-state index in [4.69, 9.17) is 21.1 Å². The fourth-order valence-electron chi connectivity index (χ4n) is 7.16. The number of fused-ring (bicyclic) bond motifs is 6. The predicted molar refractivity (Wildman–Crippen MR) is 164 cm³/mol. The van der Waals surface area contributed by atoms with E-state index >= 15 is 4.79 Å². The minimum Gasteiger partial charge on any atom is -0.493 e. The van der Waals surface area contributed by atoms with Crippen molar-refractivity contribution in [2.24, 2.45) is 5.92 Å². The van der Waals surface area contributed by atoms with E-state index in [1.54, 1.807) is 42.5 Å². The van der Waals surface area contributed by atoms with E-state index in [-0.39, 0.29) is 28.1 Å². The SMILES string of the molecule is COc1ccc(C(=O)[C@H]2[C@H](C(=O)c3ccccc3Cl)N3C=Cc4ccccc4[C@@H]3[C@]23C(=O)Nc2ccccc23)cc1OC. The molecule has 1 N–H and O–H groups in total. The summed E-state index contributed by atoms with van der Waals surface area (Å²) in [6, 6.07) is 25.2. The Kier molecular flexibility index (Phi) is 6.36. The largest absolute Gasteiger partial charge is 0.493 e. The summed E-state index contributed by atoms with van der Waals surface area (Å²) in [4.78, 5) is 46.1. The topological polar surface area (TPSA) is 84.9 Å². The maximum absolute atomic E-state index is 15.0. The molecule has 1 fully saturated rings. The zero-order valence-electron chi connectivity index (χ0n) is 23.4. The summed E-state index contributed by atoms with van der Waals surface area (Å²) in [5, 5.41) is 3.34. The number of rotatable bonds is 6. The Balaban J connectivity index is 1.54. The van der Waals surface area contributed by atoms with Crippen LogP contribution in [0.4, 0.5) is 5.69 Å². The van der Waals surface area contributed by atoms with Gasteiger partial charge in [-0.25, -0.2) is 0 Å². The van der Waals surface area contributed by atoms with Crippen LogP contribution in [0.2, 0.25) is 5.02 Å². The maximum Gasteiger partial charge on any atom is 0.238 e. The lowest BCUT2D eigenvalue weighted by Crippen LogP contribution is -2.49. The van der Waals surface area contributed by atoms with Crippen LogP contribution in [-0.4, -0.2) is 42.6 Å². The Bertz CT molecular complexity index is 1850. The molecule has 4 aromatic carbocycles. The van der Waals surface area contributed by atoms with E-state index in [2.05, 4.69) is 5.32 Å². The van der Waals surface area contributed by atoms with Gasteiger partial charge in [0.15, 0.2) is 23.1 Å². The van der Waals surface area contributed by atoms with Gasteiger partial charge in [-0.3, -0.25) is 14.4 Å². The van der Waals surface area contributed by atoms with Gasteiger partial charge in [0.25, 0.3) is 0 Å². The summed E-state index contributed by atoms with van der Waals surface area (Å²) >= 11 is 6.58. The number of carbonyl (C=O) groups excluding carboxylic acids is 3. The number of amides is 1. The first-order chi connectivity index (χ1) is 20.9. The highest BCUT2D eigenvalue weighted by Crippen LogP contribution is 2.62. The Labute approximate surface area is 253 Å². The average molecular weight is 591 g/mol. The van der Waals surface area contributed by atoms with Crippen LogP contribution in [0, 0.1) is 5.92 Å². The molecule has 0 aliphatic carbocycles. The molecule has 1 saturated heterocycles. The molecule has 7 rings (SSSR count). The van der Waals surface area contributed by atoms with Crippen molar-refractivity contribution in [3.8, 4) is 11.5 Å². The number of halogens is 1. The number of anilines is 1. The van der Waals surface area contributed by atoms with Gasteiger partial charge in [0, 0.05) is 23.0 Å². The Hall–Kier alpha value is -4.88. The van der Waals surface area contributed by atoms with Crippen LogP contribution in [0.1, 0.15) is 43.4 Å². The highest BCUT2D eigenvalue weighted by Gasteiger charge is 2.70. The number of methoxy groups -OCH3 is 2. The van der Waals surface area contributed by atoms with Crippen LogP contribution in [0.5, 0.6) is 11.5 Å². The number of para-hydroxylation sites is 1. The van der Waals surface area contributed by atoms with Crippen LogP contribution in [0.25, 0.3) is 6.08 Å². The molecule has 0 aromatic heterocycles. The average Bonchev–Trinajstić information content (AvgIpc) is 3.52. The molecule has 4 atom stereocenters. The van der Waals surface area contributed by atoms with Gasteiger partial charge in [-0.05, 0) is 59.2 Å². The summed E-state index contributed by atoms with van der Waals surface area (Å²) in [7, 11) is 3.01. The number of Topliss-reactive ketones (excluding diaryl/α,β-unsaturated/α-hetero) is 2. The van der Waals surface area contributed by atoms with Gasteiger partial charge < -0.3 is 19.7 Å². The molecule has 0 bridgehead atoms. The highest BCUT2D eigenvalue weighted by atomic mass is 35.5. The zero-order valence-corrected chi connectivity index (χ0v) is 24.2. The standard InChI is InChI=1S/C35H27ClN2O5/c1-42-27-16-15-21(19-28(27)43-2)31(39)29-30(32(40)23-11-5-7-13-25(23)36)38-18-17-20-9-3-4-10-22(20)33(38)35(29)24-12-6-8-14-26(24)37-34(35)41/h3-19,29-30,33H,1-2H3,(H,37,41)/t29-,30-,33-,35-/m1/s1. The number of ketones is 2. The number of nitrogens with one attached hydrogen (secondary N) is 1. The van der Waals surface area contributed by atoms with Crippen molar-refractivity contribution < 1.29 is 23.9 Å². The first-order valence-corrected chi connectivity index (χ1v) is 14.3. The van der Waals surface area contributed by atoms with Gasteiger partial charge in [-0.2, -0.15) is 0 Å². The van der Waals surface area contributed by atoms with Gasteiger partial charge >= 0.3 is 0 Å². The summed E-state index contributed by atoms with van der Waals surface area (Å²) in [6.45, 7) is 0. The van der Waals surface area contributed by atoms with E-state index < -0.39 is 23.4 Å². The van der Waals surface area contributed by atoms with Gasteiger partial charge in [0.2, 0.25) is 5.91 Å². The van der Waals surface area contributed by atoms with Crippen molar-refractivity contribution in [1.29, 1.82) is 0 Å². The minimum absolute atomic E-state index is 0.278. The number of carbonyl (C=O) groups is 3. The highest BCUT2D eigenvalue weighted by molar-refractivity contribution is 6.34. The Morgan fingerprint density at radius 2 is 1.58 bits per heavy atom. The first-order valence-electron chi connectivity index (χ1n) is 13.9. The number of hydrogen-bond acceptors (Lipinski definition) is 6. The fourth-order valence-corrected chi connectivity index (χ4v) is 7.39. The smallest absolute Gasteiger partial charge is 0.238 e. The van der Waals surface area contributed by atoms with Crippen molar-refractivity contribution in [2.45, 2.75) is 17.5 Å². The van der Waals surface area contributed by atoms with Crippen molar-refractivity contribution in [3.05, 3.63) is 130 Å². The molecule has 8 heteroatoms. The molecule has 0 unspecified atom stereocenters. The van der Waals surface area contributed by atoms with Crippen molar-refractivity contribution >= 4 is 40.8 Å². The normalized spacial score (nSPS) is 22.9. The Morgan fingerprint density at radius 3 is 2.37 bits per heavy atom. The quantitative estimate of drug-likeness (QED) is 0.264. The van der Waals surface area contributed by atoms with Crippen LogP contribution >= 0.6 is 11.6 Å². The minimum atomic E-state index is -1.44. The van der Waals surface area contributed by atoms with Crippen molar-refractivity contribution in [3.63, 3.8) is 0 Å². The van der Waals surface area contributed by atoms with Crippen LogP contribution < -0.4 is 14.8 Å². The van der Waals surface area contributed by atoms with Gasteiger partial charge in [-0.15, -0.1) is 0 Å². The second-order valence-electron chi connectivity index (χ2n) is 10.9. The molecule has 0 radical (unpaired) electrons. The molecular formula is C35H27ClN2O5. The molecule has 1 amide bonds. The molecule has 3 heterocycles. The van der Waals surface area contributed by atoms with Gasteiger partial charge in [0.1, 0.15) is 11.5 Å². The second-order valence-corrected chi connectivity index (χ2v) is 11.3. The molecule has 3 aliphatic heterocycles. The van der Waals surface area contributed by atoms with E-state index in [0.29, 0.717) is 28.3 Å². The van der Waals surface area contributed by atoms with Gasteiger partial charge in [-0.1, -0.05) is 66.2 Å². The molecular weight excluding hydrogens is 564 g/mol. The van der Waals surface area contributed by atoms with Crippen LogP contribution in [0.15, 0.2) is 97.2 Å². The van der Waals surface area contributed by atoms with E-state index in [0.717, 1.165) is 11.1 Å². The zero-order chi connectivity index (χ0) is 29.9. The molecule has 3 aliphatic rings. The molecule has 4 aromatic rings. The second kappa shape index (κ2) is 10.1. The molecule has 43 heavy (non-hydrogen) atoms. The molecule has 1 spiro atoms.